The van der Waals surface area contributed by atoms with Crippen LogP contribution in [-0.4, -0.2) is 82.4 Å². The Bertz CT molecular complexity index is 486. The lowest BCUT2D eigenvalue weighted by Crippen LogP contribution is -2.46. The molecule has 0 aromatic heterocycles. The minimum Gasteiger partial charge on any atom is -0.508 e. The molecule has 4 N–H and O–H groups in total. The second-order valence-electron chi connectivity index (χ2n) is 7.12. The predicted molar refractivity (Wildman–Crippen MR) is 117 cm³/mol. The van der Waals surface area contributed by atoms with E-state index in [4.69, 9.17) is 25.2 Å². The van der Waals surface area contributed by atoms with E-state index in [1.54, 1.807) is 6.92 Å². The summed E-state index contributed by atoms with van der Waals surface area (Å²) < 4.78 is 4.87. The van der Waals surface area contributed by atoms with Crippen LogP contribution in [0.15, 0.2) is 18.2 Å². The van der Waals surface area contributed by atoms with Crippen LogP contribution in [0.2, 0.25) is 0 Å². The zero-order valence-electron chi connectivity index (χ0n) is 18.7. The molecule has 1 saturated heterocycles. The molecule has 1 fully saturated rings. The molecule has 1 aliphatic rings. The van der Waals surface area contributed by atoms with Gasteiger partial charge in [-0.05, 0) is 57.5 Å². The van der Waals surface area contributed by atoms with Gasteiger partial charge in [-0.15, -0.1) is 0 Å². The Morgan fingerprint density at radius 3 is 1.79 bits per heavy atom. The molecule has 29 heavy (non-hydrogen) atoms. The number of benzene rings is 1. The summed E-state index contributed by atoms with van der Waals surface area (Å²) in [6.45, 7) is 15.9. The van der Waals surface area contributed by atoms with E-state index >= 15 is 0 Å². The fourth-order valence-electron chi connectivity index (χ4n) is 2.89. The molecule has 2 rings (SSSR count). The summed E-state index contributed by atoms with van der Waals surface area (Å²) in [4.78, 5) is 5.19. The number of aromatic hydroxyl groups is 2. The van der Waals surface area contributed by atoms with Gasteiger partial charge >= 0.3 is 0 Å². The Morgan fingerprint density at radius 2 is 1.38 bits per heavy atom. The number of unbranched alkanes of at least 4 members (excludes halogenated alkanes) is 1. The van der Waals surface area contributed by atoms with E-state index in [-0.39, 0.29) is 24.7 Å². The standard InChI is InChI=1S/C11H24N2.C9H12O4.C2H6O/c1-3-5-7-13-10-8-12(6-4-2)9-11-13;1-6(10)13-5-7-2-8(11)4-9(12)3-7;1-2-3/h3-11H2,1-2H3;2-4,6,10-12H,5H2,1H3;3H,2H2,1H3. The maximum Gasteiger partial charge on any atom is 0.152 e. The number of hydrogen-bond donors (Lipinski definition) is 4. The molecule has 0 saturated carbocycles. The molecule has 1 heterocycles. The topological polar surface area (TPSA) is 96.6 Å². The van der Waals surface area contributed by atoms with Gasteiger partial charge < -0.3 is 35.0 Å². The van der Waals surface area contributed by atoms with Gasteiger partial charge in [0.25, 0.3) is 0 Å². The van der Waals surface area contributed by atoms with Gasteiger partial charge in [-0.3, -0.25) is 0 Å². The van der Waals surface area contributed by atoms with Crippen molar-refractivity contribution in [3.8, 4) is 11.5 Å². The van der Waals surface area contributed by atoms with Gasteiger partial charge in [0.05, 0.1) is 6.61 Å². The summed E-state index contributed by atoms with van der Waals surface area (Å²) in [6, 6.07) is 4.15. The maximum absolute atomic E-state index is 9.08. The minimum absolute atomic E-state index is 0.0239. The van der Waals surface area contributed by atoms with Crippen molar-refractivity contribution in [3.63, 3.8) is 0 Å². The molecule has 0 aliphatic carbocycles. The number of rotatable bonds is 8. The number of ether oxygens (including phenoxy) is 1. The van der Waals surface area contributed by atoms with E-state index in [1.165, 1.54) is 83.7 Å². The van der Waals surface area contributed by atoms with E-state index in [0.717, 1.165) is 0 Å². The van der Waals surface area contributed by atoms with E-state index < -0.39 is 6.29 Å². The lowest BCUT2D eigenvalue weighted by molar-refractivity contribution is -0.0940. The highest BCUT2D eigenvalue weighted by molar-refractivity contribution is 5.36. The van der Waals surface area contributed by atoms with Crippen LogP contribution in [0, 0.1) is 0 Å². The summed E-state index contributed by atoms with van der Waals surface area (Å²) >= 11 is 0. The molecule has 0 bridgehead atoms. The fourth-order valence-corrected chi connectivity index (χ4v) is 2.89. The lowest BCUT2D eigenvalue weighted by Gasteiger charge is -2.34. The average molecular weight is 415 g/mol. The molecular weight excluding hydrogens is 372 g/mol. The van der Waals surface area contributed by atoms with Crippen LogP contribution in [0.1, 0.15) is 52.5 Å². The zero-order chi connectivity index (χ0) is 22.1. The van der Waals surface area contributed by atoms with Crippen LogP contribution in [-0.2, 0) is 11.3 Å². The third kappa shape index (κ3) is 15.2. The first-order chi connectivity index (χ1) is 13.9. The SMILES string of the molecule is CC(O)OCc1cc(O)cc(O)c1.CCCCN1CCN(CCC)CC1.CCO. The maximum atomic E-state index is 9.08. The molecule has 7 nitrogen and oxygen atoms in total. The van der Waals surface area contributed by atoms with E-state index in [0.29, 0.717) is 5.56 Å². The number of phenols is 2. The van der Waals surface area contributed by atoms with Crippen molar-refractivity contribution in [1.29, 1.82) is 0 Å². The van der Waals surface area contributed by atoms with Crippen LogP contribution in [0.5, 0.6) is 11.5 Å². The molecular formula is C22H42N2O5. The van der Waals surface area contributed by atoms with Gasteiger partial charge in [-0.2, -0.15) is 0 Å². The Balaban J connectivity index is 0.000000477. The highest BCUT2D eigenvalue weighted by atomic mass is 16.6. The van der Waals surface area contributed by atoms with Crippen molar-refractivity contribution in [2.75, 3.05) is 45.9 Å². The third-order valence-electron chi connectivity index (χ3n) is 4.29. The van der Waals surface area contributed by atoms with Crippen LogP contribution in [0.4, 0.5) is 0 Å². The number of phenolic OH excluding ortho intramolecular Hbond substituents is 2. The molecule has 1 unspecified atom stereocenters. The Labute approximate surface area is 176 Å². The number of hydrogen-bond acceptors (Lipinski definition) is 7. The Hall–Kier alpha value is -1.38. The smallest absolute Gasteiger partial charge is 0.152 e. The number of piperazine rings is 1. The number of aliphatic hydroxyl groups is 2. The monoisotopic (exact) mass is 414 g/mol. The van der Waals surface area contributed by atoms with Crippen molar-refractivity contribution >= 4 is 0 Å². The first kappa shape index (κ1) is 27.6. The molecule has 7 heteroatoms. The molecule has 0 amide bonds. The first-order valence-corrected chi connectivity index (χ1v) is 10.7. The summed E-state index contributed by atoms with van der Waals surface area (Å²) in [5.41, 5.74) is 0.610. The highest BCUT2D eigenvalue weighted by Crippen LogP contribution is 2.20. The fraction of sp³-hybridized carbons (Fsp3) is 0.727. The van der Waals surface area contributed by atoms with Gasteiger partial charge in [0, 0.05) is 38.9 Å². The summed E-state index contributed by atoms with van der Waals surface area (Å²) in [7, 11) is 0. The summed E-state index contributed by atoms with van der Waals surface area (Å²) in [5.74, 6) is -0.0478. The van der Waals surface area contributed by atoms with Crippen molar-refractivity contribution < 1.29 is 25.2 Å². The third-order valence-corrected chi connectivity index (χ3v) is 4.29. The van der Waals surface area contributed by atoms with E-state index in [9.17, 15) is 0 Å². The molecule has 1 aromatic rings. The van der Waals surface area contributed by atoms with Crippen LogP contribution < -0.4 is 0 Å². The van der Waals surface area contributed by atoms with Gasteiger partial charge in [0.2, 0.25) is 0 Å². The largest absolute Gasteiger partial charge is 0.508 e. The predicted octanol–water partition coefficient (Wildman–Crippen LogP) is 2.77. The van der Waals surface area contributed by atoms with Gasteiger partial charge in [0.15, 0.2) is 6.29 Å². The quantitative estimate of drug-likeness (QED) is 0.486. The van der Waals surface area contributed by atoms with Crippen LogP contribution in [0.3, 0.4) is 0 Å². The van der Waals surface area contributed by atoms with Crippen molar-refractivity contribution in [3.05, 3.63) is 23.8 Å². The molecule has 1 aromatic carbocycles. The number of aliphatic hydroxyl groups excluding tert-OH is 2. The number of nitrogens with zero attached hydrogens (tertiary/aromatic N) is 2. The van der Waals surface area contributed by atoms with Crippen LogP contribution in [0.25, 0.3) is 0 Å². The second kappa shape index (κ2) is 17.5. The molecule has 170 valence electrons. The lowest BCUT2D eigenvalue weighted by atomic mass is 10.2. The average Bonchev–Trinajstić information content (AvgIpc) is 2.66. The molecule has 1 aliphatic heterocycles. The summed E-state index contributed by atoms with van der Waals surface area (Å²) in [6.07, 6.45) is 3.14. The van der Waals surface area contributed by atoms with E-state index in [1.807, 2.05) is 0 Å². The van der Waals surface area contributed by atoms with Gasteiger partial charge in [-0.25, -0.2) is 0 Å². The van der Waals surface area contributed by atoms with Crippen molar-refractivity contribution in [2.45, 2.75) is 59.9 Å². The van der Waals surface area contributed by atoms with Crippen molar-refractivity contribution in [2.24, 2.45) is 0 Å². The molecule has 0 radical (unpaired) electrons. The zero-order valence-corrected chi connectivity index (χ0v) is 18.7. The van der Waals surface area contributed by atoms with Crippen molar-refractivity contribution in [1.82, 2.24) is 9.80 Å². The molecule has 1 atom stereocenters. The second-order valence-corrected chi connectivity index (χ2v) is 7.12. The van der Waals surface area contributed by atoms with E-state index in [2.05, 4.69) is 23.6 Å². The normalized spacial score (nSPS) is 15.7. The van der Waals surface area contributed by atoms with Gasteiger partial charge in [0.1, 0.15) is 11.5 Å². The minimum atomic E-state index is -0.857. The Morgan fingerprint density at radius 1 is 0.897 bits per heavy atom. The first-order valence-electron chi connectivity index (χ1n) is 10.7. The summed E-state index contributed by atoms with van der Waals surface area (Å²) in [5, 5.41) is 34.5. The highest BCUT2D eigenvalue weighted by Gasteiger charge is 2.14. The van der Waals surface area contributed by atoms with Crippen LogP contribution >= 0.6 is 0 Å². The molecule has 0 spiro atoms. The Kier molecular flexibility index (Phi) is 16.6. The van der Waals surface area contributed by atoms with Gasteiger partial charge in [-0.1, -0.05) is 20.3 Å².